The van der Waals surface area contributed by atoms with Crippen molar-refractivity contribution in [3.63, 3.8) is 0 Å². The SMILES string of the molecule is CC(C)(C)Oc1ccc2c(c1)SC(=CC(=O)O)C(=O)N2Cc1ccc(Br)cc1F. The number of aliphatic carboxylic acids is 1. The van der Waals surface area contributed by atoms with Crippen LogP contribution >= 0.6 is 27.7 Å². The van der Waals surface area contributed by atoms with Gasteiger partial charge in [-0.1, -0.05) is 33.8 Å². The molecular formula is C21H19BrFNO4S. The molecule has 0 radical (unpaired) electrons. The Balaban J connectivity index is 2.04. The maximum absolute atomic E-state index is 14.4. The van der Waals surface area contributed by atoms with Crippen molar-refractivity contribution in [2.24, 2.45) is 0 Å². The number of thioether (sulfide) groups is 1. The van der Waals surface area contributed by atoms with E-state index in [1.165, 1.54) is 11.0 Å². The van der Waals surface area contributed by atoms with Crippen LogP contribution in [-0.4, -0.2) is 22.6 Å². The lowest BCUT2D eigenvalue weighted by Gasteiger charge is -2.31. The number of hydrogen-bond donors (Lipinski definition) is 1. The fourth-order valence-electron chi connectivity index (χ4n) is 2.80. The lowest BCUT2D eigenvalue weighted by atomic mass is 10.1. The third-order valence-electron chi connectivity index (χ3n) is 3.92. The Hall–Kier alpha value is -2.32. The van der Waals surface area contributed by atoms with Gasteiger partial charge in [-0.2, -0.15) is 0 Å². The monoisotopic (exact) mass is 479 g/mol. The molecule has 3 rings (SSSR count). The molecule has 5 nitrogen and oxygen atoms in total. The van der Waals surface area contributed by atoms with E-state index in [1.54, 1.807) is 30.3 Å². The zero-order valence-electron chi connectivity index (χ0n) is 16.0. The van der Waals surface area contributed by atoms with E-state index in [0.717, 1.165) is 17.8 Å². The molecule has 0 unspecified atom stereocenters. The van der Waals surface area contributed by atoms with Gasteiger partial charge in [0.25, 0.3) is 5.91 Å². The van der Waals surface area contributed by atoms with Crippen molar-refractivity contribution in [3.8, 4) is 5.75 Å². The van der Waals surface area contributed by atoms with Gasteiger partial charge in [0.15, 0.2) is 0 Å². The number of ether oxygens (including phenoxy) is 1. The number of benzene rings is 2. The van der Waals surface area contributed by atoms with Gasteiger partial charge in [0.05, 0.1) is 17.1 Å². The van der Waals surface area contributed by atoms with Crippen LogP contribution in [-0.2, 0) is 16.1 Å². The predicted molar refractivity (Wildman–Crippen MR) is 114 cm³/mol. The minimum absolute atomic E-state index is 0.0259. The van der Waals surface area contributed by atoms with Crippen LogP contribution in [0.15, 0.2) is 56.7 Å². The van der Waals surface area contributed by atoms with E-state index in [-0.39, 0.29) is 11.4 Å². The Morgan fingerprint density at radius 3 is 2.62 bits per heavy atom. The molecule has 0 spiro atoms. The summed E-state index contributed by atoms with van der Waals surface area (Å²) in [5.41, 5.74) is 0.485. The minimum atomic E-state index is -1.22. The average Bonchev–Trinajstić information content (AvgIpc) is 2.58. The Morgan fingerprint density at radius 2 is 2.00 bits per heavy atom. The zero-order chi connectivity index (χ0) is 21.3. The summed E-state index contributed by atoms with van der Waals surface area (Å²) in [5.74, 6) is -1.57. The second-order valence-corrected chi connectivity index (χ2v) is 9.42. The summed E-state index contributed by atoms with van der Waals surface area (Å²) in [6.07, 6.45) is 0.873. The number of hydrogen-bond acceptors (Lipinski definition) is 4. The summed E-state index contributed by atoms with van der Waals surface area (Å²) >= 11 is 4.28. The number of fused-ring (bicyclic) bond motifs is 1. The fourth-order valence-corrected chi connectivity index (χ4v) is 4.19. The van der Waals surface area contributed by atoms with E-state index in [2.05, 4.69) is 15.9 Å². The van der Waals surface area contributed by atoms with Crippen molar-refractivity contribution in [2.75, 3.05) is 4.90 Å². The Bertz CT molecular complexity index is 1020. The molecule has 0 saturated carbocycles. The van der Waals surface area contributed by atoms with Gasteiger partial charge in [-0.15, -0.1) is 0 Å². The molecule has 8 heteroatoms. The smallest absolute Gasteiger partial charge is 0.329 e. The molecule has 152 valence electrons. The molecule has 0 aromatic heterocycles. The van der Waals surface area contributed by atoms with Gasteiger partial charge in [-0.05, 0) is 51.1 Å². The highest BCUT2D eigenvalue weighted by Crippen LogP contribution is 2.44. The maximum Gasteiger partial charge on any atom is 0.329 e. The van der Waals surface area contributed by atoms with Crippen molar-refractivity contribution in [1.82, 2.24) is 0 Å². The first kappa shape index (κ1) is 21.4. The summed E-state index contributed by atoms with van der Waals surface area (Å²) in [6.45, 7) is 5.73. The lowest BCUT2D eigenvalue weighted by Crippen LogP contribution is -2.34. The molecule has 0 atom stereocenters. The van der Waals surface area contributed by atoms with E-state index < -0.39 is 23.3 Å². The highest BCUT2D eigenvalue weighted by Gasteiger charge is 2.31. The number of carbonyl (C=O) groups is 2. The second kappa shape index (κ2) is 8.20. The van der Waals surface area contributed by atoms with Crippen molar-refractivity contribution in [1.29, 1.82) is 0 Å². The molecule has 1 aliphatic rings. The van der Waals surface area contributed by atoms with Crippen molar-refractivity contribution < 1.29 is 23.8 Å². The predicted octanol–water partition coefficient (Wildman–Crippen LogP) is 5.37. The number of nitrogens with zero attached hydrogens (tertiary/aromatic N) is 1. The Morgan fingerprint density at radius 1 is 1.28 bits per heavy atom. The molecule has 1 N–H and O–H groups in total. The van der Waals surface area contributed by atoms with E-state index >= 15 is 0 Å². The number of halogens is 2. The van der Waals surface area contributed by atoms with E-state index in [4.69, 9.17) is 9.84 Å². The molecule has 0 aliphatic carbocycles. The topological polar surface area (TPSA) is 66.8 Å². The summed E-state index contributed by atoms with van der Waals surface area (Å²) < 4.78 is 20.8. The maximum atomic E-state index is 14.4. The molecule has 0 fully saturated rings. The highest BCUT2D eigenvalue weighted by atomic mass is 79.9. The van der Waals surface area contributed by atoms with Crippen LogP contribution in [0.25, 0.3) is 0 Å². The second-order valence-electron chi connectivity index (χ2n) is 7.42. The standard InChI is InChI=1S/C21H19BrFNO4S/c1-21(2,3)28-14-6-7-16-17(9-14)29-18(10-19(25)26)20(27)24(16)11-12-4-5-13(22)8-15(12)23/h4-10H,11H2,1-3H3,(H,25,26). The number of carboxylic acid groups (broad SMARTS) is 1. The van der Waals surface area contributed by atoms with Gasteiger partial charge in [-0.3, -0.25) is 4.79 Å². The molecule has 2 aromatic carbocycles. The third kappa shape index (κ3) is 5.19. The van der Waals surface area contributed by atoms with Crippen LogP contribution in [0.4, 0.5) is 10.1 Å². The van der Waals surface area contributed by atoms with Gasteiger partial charge in [0.2, 0.25) is 0 Å². The van der Waals surface area contributed by atoms with Gasteiger partial charge < -0.3 is 14.7 Å². The number of carboxylic acids is 1. The van der Waals surface area contributed by atoms with Gasteiger partial charge in [0.1, 0.15) is 17.2 Å². The normalized spacial score (nSPS) is 15.4. The summed E-state index contributed by atoms with van der Waals surface area (Å²) in [7, 11) is 0. The molecule has 2 aromatic rings. The number of carbonyl (C=O) groups excluding carboxylic acids is 1. The van der Waals surface area contributed by atoms with Gasteiger partial charge in [0, 0.05) is 21.0 Å². The van der Waals surface area contributed by atoms with Gasteiger partial charge in [-0.25, -0.2) is 9.18 Å². The van der Waals surface area contributed by atoms with E-state index in [9.17, 15) is 14.0 Å². The third-order valence-corrected chi connectivity index (χ3v) is 5.47. The molecule has 0 saturated heterocycles. The average molecular weight is 480 g/mol. The van der Waals surface area contributed by atoms with E-state index in [0.29, 0.717) is 26.4 Å². The van der Waals surface area contributed by atoms with Crippen molar-refractivity contribution >= 4 is 45.3 Å². The molecule has 1 amide bonds. The van der Waals surface area contributed by atoms with Gasteiger partial charge >= 0.3 is 5.97 Å². The molecule has 29 heavy (non-hydrogen) atoms. The van der Waals surface area contributed by atoms with Crippen LogP contribution in [0.2, 0.25) is 0 Å². The van der Waals surface area contributed by atoms with E-state index in [1.807, 2.05) is 20.8 Å². The van der Waals surface area contributed by atoms with Crippen LogP contribution in [0.3, 0.4) is 0 Å². The first-order valence-electron chi connectivity index (χ1n) is 8.75. The first-order chi connectivity index (χ1) is 13.5. The van der Waals surface area contributed by atoms with Crippen LogP contribution in [0.1, 0.15) is 26.3 Å². The zero-order valence-corrected chi connectivity index (χ0v) is 18.4. The molecule has 1 aliphatic heterocycles. The Kier molecular flexibility index (Phi) is 6.05. The minimum Gasteiger partial charge on any atom is -0.488 e. The van der Waals surface area contributed by atoms with Crippen molar-refractivity contribution in [2.45, 2.75) is 37.8 Å². The fraction of sp³-hybridized carbons (Fsp3) is 0.238. The molecule has 1 heterocycles. The van der Waals surface area contributed by atoms with Crippen LogP contribution < -0.4 is 9.64 Å². The largest absolute Gasteiger partial charge is 0.488 e. The van der Waals surface area contributed by atoms with Crippen LogP contribution in [0, 0.1) is 5.82 Å². The quantitative estimate of drug-likeness (QED) is 0.596. The lowest BCUT2D eigenvalue weighted by molar-refractivity contribution is -0.131. The Labute approximate surface area is 180 Å². The summed E-state index contributed by atoms with van der Waals surface area (Å²) in [6, 6.07) is 9.85. The molecular weight excluding hydrogens is 461 g/mol. The van der Waals surface area contributed by atoms with Crippen molar-refractivity contribution in [3.05, 3.63) is 63.2 Å². The van der Waals surface area contributed by atoms with Crippen LogP contribution in [0.5, 0.6) is 5.75 Å². The number of rotatable bonds is 4. The molecule has 0 bridgehead atoms. The summed E-state index contributed by atoms with van der Waals surface area (Å²) in [5, 5.41) is 9.14. The highest BCUT2D eigenvalue weighted by molar-refractivity contribution is 9.10. The first-order valence-corrected chi connectivity index (χ1v) is 10.4. The number of anilines is 1. The summed E-state index contributed by atoms with van der Waals surface area (Å²) in [4.78, 5) is 26.2. The number of amides is 1.